The van der Waals surface area contributed by atoms with Crippen molar-refractivity contribution in [2.45, 2.75) is 13.3 Å². The van der Waals surface area contributed by atoms with Crippen molar-refractivity contribution in [2.75, 3.05) is 0 Å². The second kappa shape index (κ2) is 3.54. The number of nitro benzene ring substituents is 1. The average Bonchev–Trinajstić information content (AvgIpc) is 2.05. The predicted octanol–water partition coefficient (Wildman–Crippen LogP) is 2.81. The molecule has 0 spiro atoms. The second-order valence-electron chi connectivity index (χ2n) is 2.40. The zero-order valence-corrected chi connectivity index (χ0v) is 7.34. The summed E-state index contributed by atoms with van der Waals surface area (Å²) in [6.45, 7) is 1.94. The summed E-state index contributed by atoms with van der Waals surface area (Å²) in [6, 6.07) is 4.84. The summed E-state index contributed by atoms with van der Waals surface area (Å²) >= 11 is 5.61. The van der Waals surface area contributed by atoms with E-state index in [9.17, 15) is 10.1 Å². The van der Waals surface area contributed by atoms with Gasteiger partial charge in [0.1, 0.15) is 5.02 Å². The first-order valence-corrected chi connectivity index (χ1v) is 3.95. The molecule has 1 aromatic carbocycles. The van der Waals surface area contributed by atoms with Crippen molar-refractivity contribution >= 4 is 17.3 Å². The molecule has 4 heteroatoms. The van der Waals surface area contributed by atoms with Crippen LogP contribution in [-0.2, 0) is 6.42 Å². The van der Waals surface area contributed by atoms with E-state index in [1.54, 1.807) is 12.1 Å². The molecule has 12 heavy (non-hydrogen) atoms. The highest BCUT2D eigenvalue weighted by Crippen LogP contribution is 2.24. The maximum Gasteiger partial charge on any atom is 0.288 e. The molecule has 3 nitrogen and oxygen atoms in total. The summed E-state index contributed by atoms with van der Waals surface area (Å²) < 4.78 is 0. The van der Waals surface area contributed by atoms with Gasteiger partial charge >= 0.3 is 0 Å². The Morgan fingerprint density at radius 1 is 1.58 bits per heavy atom. The van der Waals surface area contributed by atoms with Crippen LogP contribution >= 0.6 is 11.6 Å². The molecule has 0 aliphatic rings. The van der Waals surface area contributed by atoms with E-state index < -0.39 is 4.92 Å². The van der Waals surface area contributed by atoms with Gasteiger partial charge in [-0.2, -0.15) is 0 Å². The van der Waals surface area contributed by atoms with Gasteiger partial charge in [0.15, 0.2) is 0 Å². The third-order valence-corrected chi connectivity index (χ3v) is 1.94. The lowest BCUT2D eigenvalue weighted by Gasteiger charge is -1.97. The van der Waals surface area contributed by atoms with Gasteiger partial charge in [-0.05, 0) is 18.1 Å². The largest absolute Gasteiger partial charge is 0.288 e. The quantitative estimate of drug-likeness (QED) is 0.525. The molecular formula is C8H8ClNO2. The summed E-state index contributed by atoms with van der Waals surface area (Å²) in [4.78, 5) is 9.94. The van der Waals surface area contributed by atoms with E-state index in [0.717, 1.165) is 12.0 Å². The third kappa shape index (κ3) is 1.74. The molecule has 1 aromatic rings. The summed E-state index contributed by atoms with van der Waals surface area (Å²) in [5.41, 5.74) is 0.905. The van der Waals surface area contributed by atoms with Crippen molar-refractivity contribution in [3.8, 4) is 0 Å². The fraction of sp³-hybridized carbons (Fsp3) is 0.250. The number of benzene rings is 1. The van der Waals surface area contributed by atoms with Gasteiger partial charge in [-0.15, -0.1) is 0 Å². The topological polar surface area (TPSA) is 43.1 Å². The van der Waals surface area contributed by atoms with E-state index in [2.05, 4.69) is 0 Å². The highest BCUT2D eigenvalue weighted by molar-refractivity contribution is 6.32. The fourth-order valence-electron chi connectivity index (χ4n) is 0.918. The lowest BCUT2D eigenvalue weighted by Crippen LogP contribution is -1.90. The van der Waals surface area contributed by atoms with Crippen molar-refractivity contribution in [2.24, 2.45) is 0 Å². The van der Waals surface area contributed by atoms with Crippen LogP contribution in [0.25, 0.3) is 0 Å². The zero-order chi connectivity index (χ0) is 9.14. The highest BCUT2D eigenvalue weighted by Gasteiger charge is 2.11. The summed E-state index contributed by atoms with van der Waals surface area (Å²) in [7, 11) is 0. The lowest BCUT2D eigenvalue weighted by molar-refractivity contribution is -0.384. The van der Waals surface area contributed by atoms with Crippen LogP contribution in [0.4, 0.5) is 5.69 Å². The van der Waals surface area contributed by atoms with Crippen LogP contribution in [0.3, 0.4) is 0 Å². The van der Waals surface area contributed by atoms with E-state index >= 15 is 0 Å². The Morgan fingerprint density at radius 2 is 2.25 bits per heavy atom. The third-order valence-electron chi connectivity index (χ3n) is 1.62. The monoisotopic (exact) mass is 185 g/mol. The van der Waals surface area contributed by atoms with E-state index in [1.165, 1.54) is 6.07 Å². The minimum Gasteiger partial charge on any atom is -0.258 e. The fourth-order valence-corrected chi connectivity index (χ4v) is 1.10. The number of hydrogen-bond acceptors (Lipinski definition) is 2. The van der Waals surface area contributed by atoms with Gasteiger partial charge in [-0.1, -0.05) is 24.6 Å². The SMILES string of the molecule is CCc1ccc(Cl)c([N+](=O)[O-])c1. The van der Waals surface area contributed by atoms with Crippen molar-refractivity contribution in [3.63, 3.8) is 0 Å². The number of nitrogens with zero attached hydrogens (tertiary/aromatic N) is 1. The van der Waals surface area contributed by atoms with Crippen LogP contribution in [0.1, 0.15) is 12.5 Å². The first-order valence-electron chi connectivity index (χ1n) is 3.58. The van der Waals surface area contributed by atoms with Crippen molar-refractivity contribution < 1.29 is 4.92 Å². The molecule has 0 aromatic heterocycles. The molecule has 0 aliphatic heterocycles. The minimum atomic E-state index is -0.471. The molecule has 0 bridgehead atoms. The van der Waals surface area contributed by atoms with Gasteiger partial charge in [-0.3, -0.25) is 10.1 Å². The van der Waals surface area contributed by atoms with Gasteiger partial charge in [0.2, 0.25) is 0 Å². The molecule has 0 fully saturated rings. The second-order valence-corrected chi connectivity index (χ2v) is 2.80. The molecular weight excluding hydrogens is 178 g/mol. The van der Waals surface area contributed by atoms with Crippen LogP contribution < -0.4 is 0 Å². The van der Waals surface area contributed by atoms with Crippen molar-refractivity contribution in [1.29, 1.82) is 0 Å². The predicted molar refractivity (Wildman–Crippen MR) is 47.5 cm³/mol. The molecule has 0 aliphatic carbocycles. The standard InChI is InChI=1S/C8H8ClNO2/c1-2-6-3-4-7(9)8(5-6)10(11)12/h3-5H,2H2,1H3. The average molecular weight is 186 g/mol. The summed E-state index contributed by atoms with van der Waals surface area (Å²) in [5, 5.41) is 10.6. The number of rotatable bonds is 2. The number of aryl methyl sites for hydroxylation is 1. The molecule has 1 rings (SSSR count). The van der Waals surface area contributed by atoms with Gasteiger partial charge in [-0.25, -0.2) is 0 Å². The van der Waals surface area contributed by atoms with Gasteiger partial charge in [0, 0.05) is 6.07 Å². The van der Waals surface area contributed by atoms with Crippen molar-refractivity contribution in [1.82, 2.24) is 0 Å². The Balaban J connectivity index is 3.17. The Morgan fingerprint density at radius 3 is 2.75 bits per heavy atom. The molecule has 0 atom stereocenters. The van der Waals surface area contributed by atoms with Crippen molar-refractivity contribution in [3.05, 3.63) is 38.9 Å². The van der Waals surface area contributed by atoms with Crippen LogP contribution in [-0.4, -0.2) is 4.92 Å². The zero-order valence-electron chi connectivity index (χ0n) is 6.58. The maximum atomic E-state index is 10.4. The Hall–Kier alpha value is -1.09. The Kier molecular flexibility index (Phi) is 2.65. The maximum absolute atomic E-state index is 10.4. The lowest BCUT2D eigenvalue weighted by atomic mass is 10.1. The molecule has 64 valence electrons. The van der Waals surface area contributed by atoms with Crippen LogP contribution in [0, 0.1) is 10.1 Å². The first-order chi connectivity index (χ1) is 5.65. The number of halogens is 1. The molecule has 0 amide bonds. The molecule has 0 radical (unpaired) electrons. The molecule has 0 unspecified atom stereocenters. The normalized spacial score (nSPS) is 9.83. The summed E-state index contributed by atoms with van der Waals surface area (Å²) in [5.74, 6) is 0. The smallest absolute Gasteiger partial charge is 0.258 e. The number of hydrogen-bond donors (Lipinski definition) is 0. The van der Waals surface area contributed by atoms with Crippen LogP contribution in [0.2, 0.25) is 5.02 Å². The highest BCUT2D eigenvalue weighted by atomic mass is 35.5. The Bertz CT molecular complexity index is 312. The van der Waals surface area contributed by atoms with Crippen LogP contribution in [0.15, 0.2) is 18.2 Å². The molecule has 0 N–H and O–H groups in total. The van der Waals surface area contributed by atoms with Gasteiger partial charge < -0.3 is 0 Å². The molecule has 0 saturated carbocycles. The van der Waals surface area contributed by atoms with Gasteiger partial charge in [0.25, 0.3) is 5.69 Å². The summed E-state index contributed by atoms with van der Waals surface area (Å²) in [6.07, 6.45) is 0.776. The van der Waals surface area contributed by atoms with E-state index in [1.807, 2.05) is 6.92 Å². The minimum absolute atomic E-state index is 0.0176. The van der Waals surface area contributed by atoms with E-state index in [-0.39, 0.29) is 10.7 Å². The molecule has 0 saturated heterocycles. The van der Waals surface area contributed by atoms with E-state index in [0.29, 0.717) is 0 Å². The Labute approximate surface area is 75.1 Å². The number of nitro groups is 1. The molecule has 0 heterocycles. The van der Waals surface area contributed by atoms with E-state index in [4.69, 9.17) is 11.6 Å². The van der Waals surface area contributed by atoms with Gasteiger partial charge in [0.05, 0.1) is 4.92 Å². The van der Waals surface area contributed by atoms with Crippen LogP contribution in [0.5, 0.6) is 0 Å². The first kappa shape index (κ1) is 9.00.